The minimum Gasteiger partial charge on any atom is -0.337 e. The van der Waals surface area contributed by atoms with Gasteiger partial charge in [-0.15, -0.1) is 11.3 Å². The predicted molar refractivity (Wildman–Crippen MR) is 83.6 cm³/mol. The van der Waals surface area contributed by atoms with Crippen LogP contribution in [0.5, 0.6) is 0 Å². The molecular weight excluding hydrogens is 308 g/mol. The molecule has 8 heteroatoms. The molecule has 2 aromatic heterocycles. The molecule has 0 aliphatic rings. The first-order valence-corrected chi connectivity index (χ1v) is 9.08. The maximum absolute atomic E-state index is 12.2. The lowest BCUT2D eigenvalue weighted by atomic mass is 10.4. The molecule has 0 bridgehead atoms. The third kappa shape index (κ3) is 4.37. The van der Waals surface area contributed by atoms with E-state index in [1.807, 2.05) is 13.1 Å². The van der Waals surface area contributed by atoms with Crippen molar-refractivity contribution in [3.63, 3.8) is 0 Å². The molecule has 0 aliphatic heterocycles. The maximum Gasteiger partial charge on any atom is 0.250 e. The summed E-state index contributed by atoms with van der Waals surface area (Å²) < 4.78 is 29.2. The van der Waals surface area contributed by atoms with Crippen molar-refractivity contribution < 1.29 is 8.42 Å². The number of nitrogens with zero attached hydrogens (tertiary/aromatic N) is 2. The maximum atomic E-state index is 12.2. The fourth-order valence-corrected chi connectivity index (χ4v) is 4.13. The van der Waals surface area contributed by atoms with Crippen molar-refractivity contribution in [2.24, 2.45) is 7.05 Å². The second-order valence-corrected chi connectivity index (χ2v) is 7.84. The van der Waals surface area contributed by atoms with Crippen molar-refractivity contribution in [2.45, 2.75) is 30.6 Å². The Hall–Kier alpha value is -1.22. The molecule has 0 aliphatic carbocycles. The van der Waals surface area contributed by atoms with Gasteiger partial charge in [0, 0.05) is 30.9 Å². The van der Waals surface area contributed by atoms with Crippen molar-refractivity contribution in [2.75, 3.05) is 6.54 Å². The van der Waals surface area contributed by atoms with Gasteiger partial charge in [0.1, 0.15) is 10.0 Å². The first-order chi connectivity index (χ1) is 10.0. The summed E-state index contributed by atoms with van der Waals surface area (Å²) in [5, 5.41) is 3.26. The number of hydrogen-bond acceptors (Lipinski definition) is 5. The van der Waals surface area contributed by atoms with Gasteiger partial charge in [-0.3, -0.25) is 0 Å². The summed E-state index contributed by atoms with van der Waals surface area (Å²) in [6.07, 6.45) is 4.49. The van der Waals surface area contributed by atoms with E-state index >= 15 is 0 Å². The molecule has 0 atom stereocenters. The third-order valence-electron chi connectivity index (χ3n) is 2.97. The van der Waals surface area contributed by atoms with Crippen LogP contribution in [0.2, 0.25) is 0 Å². The number of sulfonamides is 1. The lowest BCUT2D eigenvalue weighted by Crippen LogP contribution is -2.24. The van der Waals surface area contributed by atoms with Crippen molar-refractivity contribution in [1.82, 2.24) is 19.6 Å². The first kappa shape index (κ1) is 16.2. The van der Waals surface area contributed by atoms with Gasteiger partial charge in [-0.25, -0.2) is 18.1 Å². The minimum atomic E-state index is -3.48. The zero-order chi connectivity index (χ0) is 15.3. The molecule has 0 radical (unpaired) electrons. The Balaban J connectivity index is 1.97. The highest BCUT2D eigenvalue weighted by atomic mass is 32.2. The van der Waals surface area contributed by atoms with Crippen LogP contribution in [0.1, 0.15) is 24.0 Å². The quantitative estimate of drug-likeness (QED) is 0.719. The Labute approximate surface area is 129 Å². The van der Waals surface area contributed by atoms with Crippen LogP contribution in [0.4, 0.5) is 0 Å². The Morgan fingerprint density at radius 3 is 2.81 bits per heavy atom. The third-order valence-corrected chi connectivity index (χ3v) is 5.95. The molecule has 0 aromatic carbocycles. The van der Waals surface area contributed by atoms with Gasteiger partial charge in [-0.05, 0) is 25.1 Å². The van der Waals surface area contributed by atoms with E-state index in [2.05, 4.69) is 21.9 Å². The van der Waals surface area contributed by atoms with E-state index < -0.39 is 10.0 Å². The van der Waals surface area contributed by atoms with E-state index in [-0.39, 0.29) is 6.54 Å². The van der Waals surface area contributed by atoms with Crippen molar-refractivity contribution >= 4 is 21.4 Å². The molecule has 0 saturated carbocycles. The van der Waals surface area contributed by atoms with E-state index in [1.165, 1.54) is 11.3 Å². The first-order valence-electron chi connectivity index (χ1n) is 6.78. The molecule has 2 rings (SSSR count). The Morgan fingerprint density at radius 2 is 2.14 bits per heavy atom. The highest BCUT2D eigenvalue weighted by Gasteiger charge is 2.17. The van der Waals surface area contributed by atoms with Crippen LogP contribution in [0.25, 0.3) is 0 Å². The van der Waals surface area contributed by atoms with Crippen molar-refractivity contribution in [3.8, 4) is 0 Å². The van der Waals surface area contributed by atoms with Gasteiger partial charge in [0.05, 0.1) is 6.54 Å². The fraction of sp³-hybridized carbons (Fsp3) is 0.462. The molecule has 0 fully saturated rings. The summed E-state index contributed by atoms with van der Waals surface area (Å²) in [5.74, 6) is 0.681. The van der Waals surface area contributed by atoms with E-state index in [0.29, 0.717) is 16.6 Å². The summed E-state index contributed by atoms with van der Waals surface area (Å²) in [4.78, 5) is 5.11. The molecule has 0 amide bonds. The fourth-order valence-electron chi connectivity index (χ4n) is 1.78. The Morgan fingerprint density at radius 1 is 1.33 bits per heavy atom. The molecule has 0 unspecified atom stereocenters. The summed E-state index contributed by atoms with van der Waals surface area (Å²) in [6.45, 7) is 3.91. The summed E-state index contributed by atoms with van der Waals surface area (Å²) in [6, 6.07) is 3.50. The SMILES string of the molecule is CCCNCc1ccc(S(=O)(=O)NCc2nccn2C)s1. The number of aryl methyl sites for hydroxylation is 1. The monoisotopic (exact) mass is 328 g/mol. The van der Waals surface area contributed by atoms with Crippen LogP contribution < -0.4 is 10.0 Å². The largest absolute Gasteiger partial charge is 0.337 e. The highest BCUT2D eigenvalue weighted by Crippen LogP contribution is 2.21. The average molecular weight is 328 g/mol. The van der Waals surface area contributed by atoms with Crippen LogP contribution >= 0.6 is 11.3 Å². The number of imidazole rings is 1. The van der Waals surface area contributed by atoms with Crippen molar-refractivity contribution in [3.05, 3.63) is 35.2 Å². The molecule has 2 aromatic rings. The molecule has 21 heavy (non-hydrogen) atoms. The van der Waals surface area contributed by atoms with Crippen LogP contribution in [0.15, 0.2) is 28.7 Å². The summed E-state index contributed by atoms with van der Waals surface area (Å²) >= 11 is 1.29. The summed E-state index contributed by atoms with van der Waals surface area (Å²) in [5.41, 5.74) is 0. The second-order valence-electron chi connectivity index (χ2n) is 4.68. The van der Waals surface area contributed by atoms with Gasteiger partial charge in [0.25, 0.3) is 0 Å². The van der Waals surface area contributed by atoms with Gasteiger partial charge in [-0.1, -0.05) is 6.92 Å². The Kier molecular flexibility index (Phi) is 5.51. The Bertz CT molecular complexity index is 676. The zero-order valence-corrected chi connectivity index (χ0v) is 13.8. The normalized spacial score (nSPS) is 11.9. The number of aromatic nitrogens is 2. The lowest BCUT2D eigenvalue weighted by molar-refractivity contribution is 0.579. The van der Waals surface area contributed by atoms with E-state index in [4.69, 9.17) is 0 Å². The van der Waals surface area contributed by atoms with E-state index in [1.54, 1.807) is 23.0 Å². The van der Waals surface area contributed by atoms with E-state index in [9.17, 15) is 8.42 Å². The number of thiophene rings is 1. The van der Waals surface area contributed by atoms with Gasteiger partial charge in [0.2, 0.25) is 10.0 Å². The molecule has 6 nitrogen and oxygen atoms in total. The standard InChI is InChI=1S/C13H20N4O2S2/c1-3-6-14-9-11-4-5-13(20-11)21(18,19)16-10-12-15-7-8-17(12)2/h4-5,7-8,14,16H,3,6,9-10H2,1-2H3. The molecular formula is C13H20N4O2S2. The minimum absolute atomic E-state index is 0.188. The highest BCUT2D eigenvalue weighted by molar-refractivity contribution is 7.91. The van der Waals surface area contributed by atoms with E-state index in [0.717, 1.165) is 17.8 Å². The van der Waals surface area contributed by atoms with Gasteiger partial charge in [0.15, 0.2) is 0 Å². The zero-order valence-electron chi connectivity index (χ0n) is 12.2. The number of rotatable bonds is 8. The topological polar surface area (TPSA) is 76.0 Å². The predicted octanol–water partition coefficient (Wildman–Crippen LogP) is 1.46. The lowest BCUT2D eigenvalue weighted by Gasteiger charge is -2.05. The van der Waals surface area contributed by atoms with Gasteiger partial charge < -0.3 is 9.88 Å². The molecule has 116 valence electrons. The average Bonchev–Trinajstić information content (AvgIpc) is 3.06. The number of nitrogens with one attached hydrogen (secondary N) is 2. The molecule has 2 N–H and O–H groups in total. The molecule has 2 heterocycles. The molecule has 0 saturated heterocycles. The van der Waals surface area contributed by atoms with Crippen LogP contribution in [0, 0.1) is 0 Å². The van der Waals surface area contributed by atoms with Crippen LogP contribution in [0.3, 0.4) is 0 Å². The van der Waals surface area contributed by atoms with Crippen molar-refractivity contribution in [1.29, 1.82) is 0 Å². The number of hydrogen-bond donors (Lipinski definition) is 2. The van der Waals surface area contributed by atoms with Crippen LogP contribution in [-0.4, -0.2) is 24.5 Å². The smallest absolute Gasteiger partial charge is 0.250 e. The second kappa shape index (κ2) is 7.17. The van der Waals surface area contributed by atoms with Gasteiger partial charge >= 0.3 is 0 Å². The summed E-state index contributed by atoms with van der Waals surface area (Å²) in [7, 11) is -1.64. The van der Waals surface area contributed by atoms with Crippen LogP contribution in [-0.2, 0) is 30.2 Å². The molecule has 0 spiro atoms. The van der Waals surface area contributed by atoms with Gasteiger partial charge in [-0.2, -0.15) is 0 Å².